The van der Waals surface area contributed by atoms with Gasteiger partial charge in [0, 0.05) is 22.2 Å². The van der Waals surface area contributed by atoms with Gasteiger partial charge in [-0.15, -0.1) is 11.3 Å². The van der Waals surface area contributed by atoms with E-state index in [0.29, 0.717) is 0 Å². The summed E-state index contributed by atoms with van der Waals surface area (Å²) in [6.45, 7) is 2.02. The van der Waals surface area contributed by atoms with Crippen LogP contribution in [0, 0.1) is 6.92 Å². The molecule has 6 heteroatoms. The molecule has 0 saturated carbocycles. The van der Waals surface area contributed by atoms with Crippen molar-refractivity contribution in [3.05, 3.63) is 82.3 Å². The third-order valence-electron chi connectivity index (χ3n) is 4.19. The van der Waals surface area contributed by atoms with E-state index in [1.54, 1.807) is 11.8 Å². The molecular weight excluding hydrogens is 386 g/mol. The van der Waals surface area contributed by atoms with Crippen LogP contribution in [0.2, 0.25) is 0 Å². The molecule has 1 amide bonds. The molecule has 2 aromatic heterocycles. The quantitative estimate of drug-likeness (QED) is 0.432. The molecule has 1 N–H and O–H groups in total. The lowest BCUT2D eigenvalue weighted by Crippen LogP contribution is -2.14. The van der Waals surface area contributed by atoms with Crippen molar-refractivity contribution in [1.29, 1.82) is 0 Å². The molecule has 140 valence electrons. The average molecular weight is 406 g/mol. The molecule has 0 aliphatic rings. The molecule has 0 aliphatic heterocycles. The Bertz CT molecular complexity index is 1110. The van der Waals surface area contributed by atoms with Gasteiger partial charge in [0.05, 0.1) is 22.7 Å². The molecule has 2 aromatic carbocycles. The maximum Gasteiger partial charge on any atom is 0.231 e. The molecule has 0 bridgehead atoms. The number of thiazole rings is 1. The van der Waals surface area contributed by atoms with Crippen LogP contribution < -0.4 is 5.32 Å². The van der Waals surface area contributed by atoms with E-state index in [9.17, 15) is 4.79 Å². The fourth-order valence-corrected chi connectivity index (χ4v) is 4.42. The Morgan fingerprint density at radius 3 is 2.71 bits per heavy atom. The first kappa shape index (κ1) is 18.7. The predicted molar refractivity (Wildman–Crippen MR) is 117 cm³/mol. The summed E-state index contributed by atoms with van der Waals surface area (Å²) in [6.07, 6.45) is 0.289. The summed E-state index contributed by atoms with van der Waals surface area (Å²) in [5.41, 5.74) is 3.95. The molecule has 0 atom stereocenters. The predicted octanol–water partition coefficient (Wildman–Crippen LogP) is 5.47. The second-order valence-corrected chi connectivity index (χ2v) is 8.39. The van der Waals surface area contributed by atoms with Crippen LogP contribution in [-0.4, -0.2) is 15.9 Å². The Labute approximate surface area is 172 Å². The number of aryl methyl sites for hydroxylation is 1. The molecule has 0 spiro atoms. The third kappa shape index (κ3) is 4.77. The maximum atomic E-state index is 12.2. The third-order valence-corrected chi connectivity index (χ3v) is 6.05. The van der Waals surface area contributed by atoms with Gasteiger partial charge >= 0.3 is 0 Å². The van der Waals surface area contributed by atoms with E-state index < -0.39 is 0 Å². The molecule has 0 saturated heterocycles. The number of rotatable bonds is 6. The van der Waals surface area contributed by atoms with Crippen molar-refractivity contribution in [3.8, 4) is 0 Å². The number of thioether (sulfide) groups is 1. The van der Waals surface area contributed by atoms with E-state index in [4.69, 9.17) is 0 Å². The summed E-state index contributed by atoms with van der Waals surface area (Å²) in [4.78, 5) is 21.5. The standard InChI is InChI=1S/C22H19N3OS2/c1-15-6-9-17(10-7-15)23-20(26)12-22-24-18(14-28-22)13-27-21-11-8-16-4-2-3-5-19(16)25-21/h2-11,14H,12-13H2,1H3,(H,23,26). The first-order chi connectivity index (χ1) is 13.7. The van der Waals surface area contributed by atoms with Crippen molar-refractivity contribution >= 4 is 45.6 Å². The molecule has 4 nitrogen and oxygen atoms in total. The van der Waals surface area contributed by atoms with Crippen LogP contribution in [0.25, 0.3) is 10.9 Å². The molecule has 0 aliphatic carbocycles. The highest BCUT2D eigenvalue weighted by molar-refractivity contribution is 7.98. The number of pyridine rings is 1. The van der Waals surface area contributed by atoms with E-state index in [0.717, 1.165) is 38.1 Å². The molecule has 4 rings (SSSR count). The fourth-order valence-electron chi connectivity index (χ4n) is 2.75. The van der Waals surface area contributed by atoms with Crippen LogP contribution in [0.15, 0.2) is 71.1 Å². The highest BCUT2D eigenvalue weighted by Crippen LogP contribution is 2.24. The number of hydrogen-bond acceptors (Lipinski definition) is 5. The van der Waals surface area contributed by atoms with E-state index in [1.165, 1.54) is 16.9 Å². The number of anilines is 1. The summed E-state index contributed by atoms with van der Waals surface area (Å²) in [6, 6.07) is 20.0. The number of carbonyl (C=O) groups is 1. The zero-order valence-corrected chi connectivity index (χ0v) is 17.0. The zero-order chi connectivity index (χ0) is 19.3. The number of para-hydroxylation sites is 1. The molecule has 0 radical (unpaired) electrons. The molecule has 0 unspecified atom stereocenters. The van der Waals surface area contributed by atoms with Crippen LogP contribution in [0.3, 0.4) is 0 Å². The van der Waals surface area contributed by atoms with Gasteiger partial charge in [-0.1, -0.05) is 53.7 Å². The van der Waals surface area contributed by atoms with Crippen LogP contribution >= 0.6 is 23.1 Å². The summed E-state index contributed by atoms with van der Waals surface area (Å²) in [5, 5.41) is 7.87. The summed E-state index contributed by atoms with van der Waals surface area (Å²) < 4.78 is 0. The molecular formula is C22H19N3OS2. The Kier molecular flexibility index (Phi) is 5.69. The number of hydrogen-bond donors (Lipinski definition) is 1. The Morgan fingerprint density at radius 1 is 1.04 bits per heavy atom. The average Bonchev–Trinajstić information content (AvgIpc) is 3.15. The van der Waals surface area contributed by atoms with Gasteiger partial charge in [-0.05, 0) is 31.2 Å². The van der Waals surface area contributed by atoms with E-state index in [-0.39, 0.29) is 12.3 Å². The molecule has 2 heterocycles. The highest BCUT2D eigenvalue weighted by atomic mass is 32.2. The van der Waals surface area contributed by atoms with Crippen LogP contribution in [0.5, 0.6) is 0 Å². The largest absolute Gasteiger partial charge is 0.326 e. The van der Waals surface area contributed by atoms with Crippen molar-refractivity contribution in [2.45, 2.75) is 24.1 Å². The lowest BCUT2D eigenvalue weighted by Gasteiger charge is -2.04. The van der Waals surface area contributed by atoms with Crippen molar-refractivity contribution in [3.63, 3.8) is 0 Å². The molecule has 28 heavy (non-hydrogen) atoms. The smallest absolute Gasteiger partial charge is 0.231 e. The van der Waals surface area contributed by atoms with E-state index in [1.807, 2.05) is 60.8 Å². The number of amides is 1. The number of nitrogens with zero attached hydrogens (tertiary/aromatic N) is 2. The number of aromatic nitrogens is 2. The van der Waals surface area contributed by atoms with E-state index >= 15 is 0 Å². The van der Waals surface area contributed by atoms with Gasteiger partial charge in [0.25, 0.3) is 0 Å². The molecule has 4 aromatic rings. The Hall–Kier alpha value is -2.70. The number of carbonyl (C=O) groups excluding carboxylic acids is 1. The second-order valence-electron chi connectivity index (χ2n) is 6.45. The van der Waals surface area contributed by atoms with Crippen molar-refractivity contribution in [2.75, 3.05) is 5.32 Å². The highest BCUT2D eigenvalue weighted by Gasteiger charge is 2.09. The fraction of sp³-hybridized carbons (Fsp3) is 0.136. The van der Waals surface area contributed by atoms with Crippen LogP contribution in [-0.2, 0) is 17.0 Å². The topological polar surface area (TPSA) is 54.9 Å². The number of nitrogens with one attached hydrogen (secondary N) is 1. The summed E-state index contributed by atoms with van der Waals surface area (Å²) in [7, 11) is 0. The van der Waals surface area contributed by atoms with Crippen LogP contribution in [0.1, 0.15) is 16.3 Å². The maximum absolute atomic E-state index is 12.2. The minimum Gasteiger partial charge on any atom is -0.326 e. The lowest BCUT2D eigenvalue weighted by atomic mass is 10.2. The monoisotopic (exact) mass is 405 g/mol. The van der Waals surface area contributed by atoms with Gasteiger partial charge in [-0.25, -0.2) is 9.97 Å². The number of benzene rings is 2. The number of fused-ring (bicyclic) bond motifs is 1. The van der Waals surface area contributed by atoms with Gasteiger partial charge in [-0.3, -0.25) is 4.79 Å². The molecule has 0 fully saturated rings. The minimum absolute atomic E-state index is 0.0476. The van der Waals surface area contributed by atoms with Crippen LogP contribution in [0.4, 0.5) is 5.69 Å². The zero-order valence-electron chi connectivity index (χ0n) is 15.4. The van der Waals surface area contributed by atoms with Gasteiger partial charge in [0.1, 0.15) is 5.01 Å². The van der Waals surface area contributed by atoms with Gasteiger partial charge < -0.3 is 5.32 Å². The van der Waals surface area contributed by atoms with E-state index in [2.05, 4.69) is 27.4 Å². The lowest BCUT2D eigenvalue weighted by molar-refractivity contribution is -0.115. The second kappa shape index (κ2) is 8.54. The minimum atomic E-state index is -0.0476. The SMILES string of the molecule is Cc1ccc(NC(=O)Cc2nc(CSc3ccc4ccccc4n3)cs2)cc1. The Balaban J connectivity index is 1.33. The summed E-state index contributed by atoms with van der Waals surface area (Å²) >= 11 is 3.18. The first-order valence-electron chi connectivity index (χ1n) is 8.94. The van der Waals surface area contributed by atoms with Crippen molar-refractivity contribution in [1.82, 2.24) is 9.97 Å². The van der Waals surface area contributed by atoms with Gasteiger partial charge in [-0.2, -0.15) is 0 Å². The Morgan fingerprint density at radius 2 is 1.86 bits per heavy atom. The normalized spacial score (nSPS) is 10.9. The van der Waals surface area contributed by atoms with Crippen molar-refractivity contribution in [2.24, 2.45) is 0 Å². The van der Waals surface area contributed by atoms with Gasteiger partial charge in [0.15, 0.2) is 0 Å². The van der Waals surface area contributed by atoms with Gasteiger partial charge in [0.2, 0.25) is 5.91 Å². The first-order valence-corrected chi connectivity index (χ1v) is 10.8. The summed E-state index contributed by atoms with van der Waals surface area (Å²) in [5.74, 6) is 0.690. The van der Waals surface area contributed by atoms with Crippen molar-refractivity contribution < 1.29 is 4.79 Å².